The predicted molar refractivity (Wildman–Crippen MR) is 72.2 cm³/mol. The van der Waals surface area contributed by atoms with Crippen LogP contribution in [-0.4, -0.2) is 10.8 Å². The van der Waals surface area contributed by atoms with E-state index < -0.39 is 0 Å². The van der Waals surface area contributed by atoms with Gasteiger partial charge < -0.3 is 13.4 Å². The van der Waals surface area contributed by atoms with E-state index in [0.717, 1.165) is 17.2 Å². The van der Waals surface area contributed by atoms with Crippen LogP contribution in [0.4, 0.5) is 0 Å². The van der Waals surface area contributed by atoms with Gasteiger partial charge in [0.25, 0.3) is 0 Å². The number of rotatable bonds is 5. The van der Waals surface area contributed by atoms with Gasteiger partial charge in [-0.2, -0.15) is 0 Å². The van der Waals surface area contributed by atoms with Gasteiger partial charge in [-0.3, -0.25) is 4.99 Å². The normalized spacial score (nSPS) is 11.4. The minimum atomic E-state index is 0.554. The van der Waals surface area contributed by atoms with E-state index in [1.54, 1.807) is 12.5 Å². The summed E-state index contributed by atoms with van der Waals surface area (Å²) < 4.78 is 12.7. The Morgan fingerprint density at radius 3 is 2.53 bits per heavy atom. The summed E-state index contributed by atoms with van der Waals surface area (Å²) in [6.45, 7) is 1.26. The van der Waals surface area contributed by atoms with Gasteiger partial charge in [-0.05, 0) is 36.4 Å². The van der Waals surface area contributed by atoms with E-state index >= 15 is 0 Å². The second-order valence-electron chi connectivity index (χ2n) is 4.19. The van der Waals surface area contributed by atoms with Gasteiger partial charge in [-0.25, -0.2) is 0 Å². The van der Waals surface area contributed by atoms with E-state index in [0.29, 0.717) is 13.1 Å². The first kappa shape index (κ1) is 11.6. The lowest BCUT2D eigenvalue weighted by molar-refractivity contribution is 0.493. The lowest BCUT2D eigenvalue weighted by Crippen LogP contribution is -2.01. The Labute approximate surface area is 111 Å². The standard InChI is InChI=1S/C15H14N2O2/c1-4-13(10-16-11-14-5-2-8-18-14)17(7-1)12-15-6-3-9-19-15/h1-10H,11-12H2. The van der Waals surface area contributed by atoms with Crippen molar-refractivity contribution in [1.29, 1.82) is 0 Å². The van der Waals surface area contributed by atoms with Crippen molar-refractivity contribution in [2.24, 2.45) is 4.99 Å². The highest BCUT2D eigenvalue weighted by Gasteiger charge is 2.01. The molecule has 0 fully saturated rings. The molecule has 0 aliphatic heterocycles. The summed E-state index contributed by atoms with van der Waals surface area (Å²) in [7, 11) is 0. The van der Waals surface area contributed by atoms with E-state index in [-0.39, 0.29) is 0 Å². The SMILES string of the molecule is C(=NCc1ccco1)c1cccn1Cc1ccco1. The number of hydrogen-bond donors (Lipinski definition) is 0. The van der Waals surface area contributed by atoms with Gasteiger partial charge in [0.15, 0.2) is 0 Å². The molecule has 3 heterocycles. The molecule has 0 spiro atoms. The first-order chi connectivity index (χ1) is 9.42. The Morgan fingerprint density at radius 2 is 1.79 bits per heavy atom. The third-order valence-electron chi connectivity index (χ3n) is 2.82. The van der Waals surface area contributed by atoms with Crippen LogP contribution in [0.15, 0.2) is 68.9 Å². The Kier molecular flexibility index (Phi) is 3.32. The van der Waals surface area contributed by atoms with E-state index in [1.165, 1.54) is 0 Å². The van der Waals surface area contributed by atoms with Crippen LogP contribution < -0.4 is 0 Å². The molecule has 96 valence electrons. The zero-order valence-electron chi connectivity index (χ0n) is 10.4. The number of nitrogens with zero attached hydrogens (tertiary/aromatic N) is 2. The van der Waals surface area contributed by atoms with Crippen LogP contribution in [0.1, 0.15) is 17.2 Å². The van der Waals surface area contributed by atoms with Crippen molar-refractivity contribution in [2.45, 2.75) is 13.1 Å². The fourth-order valence-corrected chi connectivity index (χ4v) is 1.89. The van der Waals surface area contributed by atoms with Gasteiger partial charge in [0, 0.05) is 12.4 Å². The monoisotopic (exact) mass is 254 g/mol. The molecule has 4 nitrogen and oxygen atoms in total. The van der Waals surface area contributed by atoms with Crippen molar-refractivity contribution >= 4 is 6.21 Å². The lowest BCUT2D eigenvalue weighted by atomic mass is 10.4. The topological polar surface area (TPSA) is 43.6 Å². The maximum atomic E-state index is 5.34. The summed E-state index contributed by atoms with van der Waals surface area (Å²) in [5, 5.41) is 0. The molecule has 0 aliphatic rings. The number of hydrogen-bond acceptors (Lipinski definition) is 3. The summed E-state index contributed by atoms with van der Waals surface area (Å²) in [4.78, 5) is 4.38. The smallest absolute Gasteiger partial charge is 0.125 e. The average molecular weight is 254 g/mol. The van der Waals surface area contributed by atoms with Crippen molar-refractivity contribution in [3.8, 4) is 0 Å². The second kappa shape index (κ2) is 5.44. The number of aromatic nitrogens is 1. The summed E-state index contributed by atoms with van der Waals surface area (Å²) in [5.41, 5.74) is 1.04. The van der Waals surface area contributed by atoms with E-state index in [4.69, 9.17) is 8.83 Å². The van der Waals surface area contributed by atoms with Crippen molar-refractivity contribution < 1.29 is 8.83 Å². The van der Waals surface area contributed by atoms with E-state index in [9.17, 15) is 0 Å². The van der Waals surface area contributed by atoms with Gasteiger partial charge in [-0.1, -0.05) is 0 Å². The maximum Gasteiger partial charge on any atom is 0.125 e. The molecule has 0 saturated carbocycles. The Morgan fingerprint density at radius 1 is 1.00 bits per heavy atom. The average Bonchev–Trinajstić information content (AvgIpc) is 3.13. The molecule has 19 heavy (non-hydrogen) atoms. The van der Waals surface area contributed by atoms with Crippen molar-refractivity contribution in [2.75, 3.05) is 0 Å². The van der Waals surface area contributed by atoms with Gasteiger partial charge in [-0.15, -0.1) is 0 Å². The van der Waals surface area contributed by atoms with Gasteiger partial charge in [0.2, 0.25) is 0 Å². The molecule has 0 unspecified atom stereocenters. The van der Waals surface area contributed by atoms with Crippen molar-refractivity contribution in [1.82, 2.24) is 4.57 Å². The van der Waals surface area contributed by atoms with Crippen LogP contribution >= 0.6 is 0 Å². The van der Waals surface area contributed by atoms with Gasteiger partial charge in [0.1, 0.15) is 11.5 Å². The summed E-state index contributed by atoms with van der Waals surface area (Å²) in [6.07, 6.45) is 7.20. The summed E-state index contributed by atoms with van der Waals surface area (Å²) in [6, 6.07) is 11.7. The maximum absolute atomic E-state index is 5.34. The molecular formula is C15H14N2O2. The van der Waals surface area contributed by atoms with Crippen LogP contribution in [0.5, 0.6) is 0 Å². The van der Waals surface area contributed by atoms with Crippen molar-refractivity contribution in [3.63, 3.8) is 0 Å². The van der Waals surface area contributed by atoms with Crippen LogP contribution in [0.3, 0.4) is 0 Å². The quantitative estimate of drug-likeness (QED) is 0.655. The van der Waals surface area contributed by atoms with Crippen LogP contribution in [-0.2, 0) is 13.1 Å². The molecule has 4 heteroatoms. The lowest BCUT2D eigenvalue weighted by Gasteiger charge is -2.03. The summed E-state index contributed by atoms with van der Waals surface area (Å²) in [5.74, 6) is 1.79. The molecule has 0 radical (unpaired) electrons. The highest BCUT2D eigenvalue weighted by atomic mass is 16.3. The fourth-order valence-electron chi connectivity index (χ4n) is 1.89. The minimum Gasteiger partial charge on any atom is -0.467 e. The molecule has 0 aromatic carbocycles. The Hall–Kier alpha value is -2.49. The molecule has 0 bridgehead atoms. The highest BCUT2D eigenvalue weighted by molar-refractivity contribution is 5.77. The van der Waals surface area contributed by atoms with E-state index in [1.807, 2.05) is 48.8 Å². The zero-order valence-corrected chi connectivity index (χ0v) is 10.4. The molecule has 3 aromatic heterocycles. The summed E-state index contributed by atoms with van der Waals surface area (Å²) >= 11 is 0. The molecule has 0 atom stereocenters. The minimum absolute atomic E-state index is 0.554. The number of furan rings is 2. The largest absolute Gasteiger partial charge is 0.467 e. The first-order valence-corrected chi connectivity index (χ1v) is 6.11. The predicted octanol–water partition coefficient (Wildman–Crippen LogP) is 3.34. The molecule has 0 amide bonds. The van der Waals surface area contributed by atoms with Gasteiger partial charge in [0.05, 0.1) is 31.3 Å². The van der Waals surface area contributed by atoms with Crippen LogP contribution in [0.2, 0.25) is 0 Å². The fraction of sp³-hybridized carbons (Fsp3) is 0.133. The first-order valence-electron chi connectivity index (χ1n) is 6.11. The van der Waals surface area contributed by atoms with Crippen LogP contribution in [0, 0.1) is 0 Å². The van der Waals surface area contributed by atoms with Gasteiger partial charge >= 0.3 is 0 Å². The molecule has 3 rings (SSSR count). The highest BCUT2D eigenvalue weighted by Crippen LogP contribution is 2.08. The van der Waals surface area contributed by atoms with E-state index in [2.05, 4.69) is 9.56 Å². The van der Waals surface area contributed by atoms with Crippen molar-refractivity contribution in [3.05, 3.63) is 72.3 Å². The molecule has 0 aliphatic carbocycles. The van der Waals surface area contributed by atoms with Crippen LogP contribution in [0.25, 0.3) is 0 Å². The third kappa shape index (κ3) is 2.85. The molecular weight excluding hydrogens is 240 g/mol. The Bertz CT molecular complexity index is 634. The third-order valence-corrected chi connectivity index (χ3v) is 2.82. The molecule has 3 aromatic rings. The zero-order chi connectivity index (χ0) is 12.9. The Balaban J connectivity index is 1.68. The molecule has 0 saturated heterocycles. The number of aliphatic imine (C=N–C) groups is 1. The second-order valence-corrected chi connectivity index (χ2v) is 4.19. The molecule has 0 N–H and O–H groups in total.